The number of carbonyl (C=O) groups excluding carboxylic acids is 3. The number of hydrogen-bond acceptors (Lipinski definition) is 8. The Hall–Kier alpha value is -3.35. The molecule has 0 radical (unpaired) electrons. The van der Waals surface area contributed by atoms with Gasteiger partial charge in [-0.25, -0.2) is 9.18 Å². The standard InChI is InChI=1S/C24H28FN5O5S/c1-29-21-19(23(32)30(2)24(29)33)22(28-20(27-21)13-5-7-14(25)8-6-13)36-12-18(31)26-16-11-15(34-3)9-10-17(16)35-4/h5-11,19-22,27-28H,12H2,1-4H3,(H,26,31). The van der Waals surface area contributed by atoms with Gasteiger partial charge in [-0.3, -0.25) is 25.1 Å². The Morgan fingerprint density at radius 2 is 1.81 bits per heavy atom. The molecule has 4 amide bonds. The number of anilines is 1. The summed E-state index contributed by atoms with van der Waals surface area (Å²) >= 11 is 1.25. The molecular weight excluding hydrogens is 489 g/mol. The van der Waals surface area contributed by atoms with Gasteiger partial charge in [0, 0.05) is 20.2 Å². The van der Waals surface area contributed by atoms with Crippen molar-refractivity contribution in [3.05, 3.63) is 53.8 Å². The summed E-state index contributed by atoms with van der Waals surface area (Å²) in [7, 11) is 6.09. The first-order valence-electron chi connectivity index (χ1n) is 11.2. The molecule has 0 saturated carbocycles. The van der Waals surface area contributed by atoms with Crippen molar-refractivity contribution in [2.45, 2.75) is 17.7 Å². The van der Waals surface area contributed by atoms with Crippen LogP contribution in [0.5, 0.6) is 11.5 Å². The fraction of sp³-hybridized carbons (Fsp3) is 0.375. The lowest BCUT2D eigenvalue weighted by Crippen LogP contribution is -2.72. The van der Waals surface area contributed by atoms with Gasteiger partial charge in [-0.15, -0.1) is 11.8 Å². The third-order valence-corrected chi connectivity index (χ3v) is 7.45. The van der Waals surface area contributed by atoms with E-state index >= 15 is 0 Å². The summed E-state index contributed by atoms with van der Waals surface area (Å²) in [5.74, 6) is -0.618. The Kier molecular flexibility index (Phi) is 7.67. The van der Waals surface area contributed by atoms with Crippen LogP contribution in [0.4, 0.5) is 14.9 Å². The predicted molar refractivity (Wildman–Crippen MR) is 133 cm³/mol. The van der Waals surface area contributed by atoms with E-state index in [1.165, 1.54) is 50.1 Å². The molecule has 192 valence electrons. The van der Waals surface area contributed by atoms with Crippen LogP contribution in [-0.2, 0) is 9.59 Å². The number of thioether (sulfide) groups is 1. The van der Waals surface area contributed by atoms with Crippen LogP contribution >= 0.6 is 11.8 Å². The molecule has 2 saturated heterocycles. The summed E-state index contributed by atoms with van der Waals surface area (Å²) in [4.78, 5) is 41.1. The quantitative estimate of drug-likeness (QED) is 0.513. The van der Waals surface area contributed by atoms with Gasteiger partial charge in [0.1, 0.15) is 17.3 Å². The normalized spacial score (nSPS) is 23.8. The molecular formula is C24H28FN5O5S. The second-order valence-electron chi connectivity index (χ2n) is 8.43. The molecule has 0 aliphatic carbocycles. The van der Waals surface area contributed by atoms with Gasteiger partial charge in [0.15, 0.2) is 0 Å². The predicted octanol–water partition coefficient (Wildman–Crippen LogP) is 2.20. The molecule has 10 nitrogen and oxygen atoms in total. The fourth-order valence-electron chi connectivity index (χ4n) is 4.31. The van der Waals surface area contributed by atoms with Crippen LogP contribution in [0.2, 0.25) is 0 Å². The summed E-state index contributed by atoms with van der Waals surface area (Å²) < 4.78 is 24.0. The van der Waals surface area contributed by atoms with E-state index < -0.39 is 29.7 Å². The van der Waals surface area contributed by atoms with Crippen LogP contribution in [0.25, 0.3) is 0 Å². The number of amides is 4. The summed E-state index contributed by atoms with van der Waals surface area (Å²) in [6.45, 7) is 0. The van der Waals surface area contributed by atoms with Crippen LogP contribution in [0, 0.1) is 11.7 Å². The third-order valence-electron chi connectivity index (χ3n) is 6.23. The summed E-state index contributed by atoms with van der Waals surface area (Å²) in [5, 5.41) is 8.95. The number of nitrogens with one attached hydrogen (secondary N) is 3. The van der Waals surface area contributed by atoms with Crippen molar-refractivity contribution in [2.75, 3.05) is 39.4 Å². The fourth-order valence-corrected chi connectivity index (χ4v) is 5.42. The zero-order valence-corrected chi connectivity index (χ0v) is 21.1. The molecule has 2 heterocycles. The van der Waals surface area contributed by atoms with E-state index in [0.717, 1.165) is 10.5 Å². The summed E-state index contributed by atoms with van der Waals surface area (Å²) in [6.07, 6.45) is -1.09. The van der Waals surface area contributed by atoms with Crippen LogP contribution < -0.4 is 25.4 Å². The molecule has 2 fully saturated rings. The van der Waals surface area contributed by atoms with Crippen molar-refractivity contribution in [1.29, 1.82) is 0 Å². The minimum absolute atomic E-state index is 0.0199. The van der Waals surface area contributed by atoms with Crippen molar-refractivity contribution in [3.63, 3.8) is 0 Å². The molecule has 2 aromatic rings. The molecule has 4 atom stereocenters. The zero-order chi connectivity index (χ0) is 26.0. The van der Waals surface area contributed by atoms with E-state index in [9.17, 15) is 18.8 Å². The molecule has 36 heavy (non-hydrogen) atoms. The molecule has 0 aromatic heterocycles. The average molecular weight is 518 g/mol. The second kappa shape index (κ2) is 10.7. The minimum atomic E-state index is -0.654. The number of hydrogen-bond donors (Lipinski definition) is 3. The van der Waals surface area contributed by atoms with E-state index in [1.54, 1.807) is 37.4 Å². The maximum Gasteiger partial charge on any atom is 0.327 e. The Balaban J connectivity index is 1.53. The number of nitrogens with zero attached hydrogens (tertiary/aromatic N) is 2. The number of methoxy groups -OCH3 is 2. The largest absolute Gasteiger partial charge is 0.497 e. The number of rotatable bonds is 7. The molecule has 12 heteroatoms. The summed E-state index contributed by atoms with van der Waals surface area (Å²) in [5.41, 5.74) is 1.19. The molecule has 4 unspecified atom stereocenters. The SMILES string of the molecule is COc1ccc(OC)c(NC(=O)CSC2NC(c3ccc(F)cc3)NC3C2C(=O)N(C)C(=O)N3C)c1. The van der Waals surface area contributed by atoms with Crippen molar-refractivity contribution < 1.29 is 28.2 Å². The average Bonchev–Trinajstić information content (AvgIpc) is 2.89. The Labute approximate surface area is 212 Å². The van der Waals surface area contributed by atoms with Crippen LogP contribution in [0.15, 0.2) is 42.5 Å². The van der Waals surface area contributed by atoms with E-state index in [4.69, 9.17) is 9.47 Å². The highest BCUT2D eigenvalue weighted by molar-refractivity contribution is 8.00. The van der Waals surface area contributed by atoms with Crippen molar-refractivity contribution in [2.24, 2.45) is 5.92 Å². The molecule has 0 spiro atoms. The first kappa shape index (κ1) is 25.7. The maximum atomic E-state index is 13.5. The number of ether oxygens (including phenoxy) is 2. The van der Waals surface area contributed by atoms with Crippen molar-refractivity contribution >= 4 is 35.3 Å². The van der Waals surface area contributed by atoms with Gasteiger partial charge in [0.05, 0.1) is 49.3 Å². The van der Waals surface area contributed by atoms with Crippen molar-refractivity contribution in [1.82, 2.24) is 20.4 Å². The van der Waals surface area contributed by atoms with Gasteiger partial charge in [0.2, 0.25) is 11.8 Å². The van der Waals surface area contributed by atoms with Gasteiger partial charge in [0.25, 0.3) is 0 Å². The highest BCUT2D eigenvalue weighted by Gasteiger charge is 2.51. The number of carbonyl (C=O) groups is 3. The molecule has 3 N–H and O–H groups in total. The maximum absolute atomic E-state index is 13.5. The van der Waals surface area contributed by atoms with Gasteiger partial charge in [-0.05, 0) is 29.8 Å². The van der Waals surface area contributed by atoms with Gasteiger partial charge >= 0.3 is 6.03 Å². The second-order valence-corrected chi connectivity index (χ2v) is 9.56. The van der Waals surface area contributed by atoms with Gasteiger partial charge in [-0.1, -0.05) is 12.1 Å². The van der Waals surface area contributed by atoms with E-state index in [-0.39, 0.29) is 23.4 Å². The number of benzene rings is 2. The van der Waals surface area contributed by atoms with Crippen LogP contribution in [0.3, 0.4) is 0 Å². The van der Waals surface area contributed by atoms with E-state index in [2.05, 4.69) is 16.0 Å². The van der Waals surface area contributed by atoms with Crippen LogP contribution in [0.1, 0.15) is 11.7 Å². The highest BCUT2D eigenvalue weighted by atomic mass is 32.2. The number of halogens is 1. The molecule has 2 aliphatic heterocycles. The molecule has 2 aromatic carbocycles. The van der Waals surface area contributed by atoms with Gasteiger partial charge in [-0.2, -0.15) is 0 Å². The van der Waals surface area contributed by atoms with Crippen LogP contribution in [-0.4, -0.2) is 73.3 Å². The highest BCUT2D eigenvalue weighted by Crippen LogP contribution is 2.35. The Morgan fingerprint density at radius 3 is 2.47 bits per heavy atom. The topological polar surface area (TPSA) is 112 Å². The lowest BCUT2D eigenvalue weighted by molar-refractivity contribution is -0.140. The minimum Gasteiger partial charge on any atom is -0.497 e. The number of fused-ring (bicyclic) bond motifs is 1. The zero-order valence-electron chi connectivity index (χ0n) is 20.3. The summed E-state index contributed by atoms with van der Waals surface area (Å²) in [6, 6.07) is 10.6. The lowest BCUT2D eigenvalue weighted by Gasteiger charge is -2.50. The lowest BCUT2D eigenvalue weighted by atomic mass is 9.96. The number of imide groups is 1. The Bertz CT molecular complexity index is 1150. The van der Waals surface area contributed by atoms with Crippen molar-refractivity contribution in [3.8, 4) is 11.5 Å². The van der Waals surface area contributed by atoms with E-state index in [1.807, 2.05) is 0 Å². The molecule has 0 bridgehead atoms. The first-order valence-corrected chi connectivity index (χ1v) is 12.2. The Morgan fingerprint density at radius 1 is 1.08 bits per heavy atom. The van der Waals surface area contributed by atoms with E-state index in [0.29, 0.717) is 17.2 Å². The third kappa shape index (κ3) is 5.11. The van der Waals surface area contributed by atoms with Gasteiger partial charge < -0.3 is 19.7 Å². The molecule has 4 rings (SSSR count). The first-order chi connectivity index (χ1) is 17.2. The monoisotopic (exact) mass is 517 g/mol. The number of urea groups is 1. The smallest absolute Gasteiger partial charge is 0.327 e. The molecule has 2 aliphatic rings.